The van der Waals surface area contributed by atoms with Crippen molar-refractivity contribution in [2.75, 3.05) is 17.4 Å². The molecule has 0 atom stereocenters. The molecule has 2 aromatic carbocycles. The Balaban J connectivity index is 1.49. The standard InChI is InChI=1S/C22H19N3O4/c1-13-6-7-14(2)18(10-13)25-22(27)17-5-3-4-16(24-17)21(26)23-15-8-9-19-20(11-15)29-12-28-19/h3-11H,12H2,1-2H3,(H,23,26)(H,25,27). The summed E-state index contributed by atoms with van der Waals surface area (Å²) in [7, 11) is 0. The van der Waals surface area contributed by atoms with E-state index in [1.54, 1.807) is 36.4 Å². The maximum atomic E-state index is 12.6. The second kappa shape index (κ2) is 7.63. The number of pyridine rings is 1. The molecule has 0 radical (unpaired) electrons. The molecule has 3 aromatic rings. The number of nitrogens with zero attached hydrogens (tertiary/aromatic N) is 1. The lowest BCUT2D eigenvalue weighted by atomic mass is 10.1. The topological polar surface area (TPSA) is 89.6 Å². The van der Waals surface area contributed by atoms with Gasteiger partial charge in [0.05, 0.1) is 0 Å². The van der Waals surface area contributed by atoms with Gasteiger partial charge in [0.2, 0.25) is 6.79 Å². The number of ether oxygens (including phenoxy) is 2. The molecule has 146 valence electrons. The van der Waals surface area contributed by atoms with Crippen LogP contribution < -0.4 is 20.1 Å². The summed E-state index contributed by atoms with van der Waals surface area (Å²) in [5, 5.41) is 5.60. The van der Waals surface area contributed by atoms with E-state index in [1.165, 1.54) is 0 Å². The van der Waals surface area contributed by atoms with E-state index in [9.17, 15) is 9.59 Å². The zero-order valence-electron chi connectivity index (χ0n) is 16.0. The molecule has 2 heterocycles. The second-order valence-corrected chi connectivity index (χ2v) is 6.70. The fraction of sp³-hybridized carbons (Fsp3) is 0.136. The third kappa shape index (κ3) is 4.03. The fourth-order valence-corrected chi connectivity index (χ4v) is 2.91. The molecule has 0 saturated carbocycles. The summed E-state index contributed by atoms with van der Waals surface area (Å²) in [4.78, 5) is 29.4. The van der Waals surface area contributed by atoms with Crippen LogP contribution in [0.4, 0.5) is 11.4 Å². The predicted molar refractivity (Wildman–Crippen MR) is 109 cm³/mol. The van der Waals surface area contributed by atoms with Crippen LogP contribution in [0.15, 0.2) is 54.6 Å². The van der Waals surface area contributed by atoms with Gasteiger partial charge in [-0.15, -0.1) is 0 Å². The number of benzene rings is 2. The molecule has 29 heavy (non-hydrogen) atoms. The van der Waals surface area contributed by atoms with Crippen molar-refractivity contribution in [3.8, 4) is 11.5 Å². The van der Waals surface area contributed by atoms with Crippen LogP contribution in [0.1, 0.15) is 32.1 Å². The molecule has 0 bridgehead atoms. The molecule has 4 rings (SSSR count). The number of anilines is 2. The van der Waals surface area contributed by atoms with Gasteiger partial charge in [0.15, 0.2) is 11.5 Å². The van der Waals surface area contributed by atoms with Crippen LogP contribution in [-0.2, 0) is 0 Å². The van der Waals surface area contributed by atoms with Gasteiger partial charge >= 0.3 is 0 Å². The van der Waals surface area contributed by atoms with Gasteiger partial charge in [-0.1, -0.05) is 18.2 Å². The number of aryl methyl sites for hydroxylation is 2. The zero-order valence-corrected chi connectivity index (χ0v) is 16.0. The van der Waals surface area contributed by atoms with E-state index in [0.717, 1.165) is 11.1 Å². The molecule has 1 aromatic heterocycles. The Morgan fingerprint density at radius 1 is 0.862 bits per heavy atom. The zero-order chi connectivity index (χ0) is 20.4. The van der Waals surface area contributed by atoms with Crippen LogP contribution in [0.5, 0.6) is 11.5 Å². The number of carbonyl (C=O) groups excluding carboxylic acids is 2. The van der Waals surface area contributed by atoms with E-state index in [1.807, 2.05) is 32.0 Å². The monoisotopic (exact) mass is 389 g/mol. The summed E-state index contributed by atoms with van der Waals surface area (Å²) in [6.07, 6.45) is 0. The number of aromatic nitrogens is 1. The summed E-state index contributed by atoms with van der Waals surface area (Å²) >= 11 is 0. The van der Waals surface area contributed by atoms with Gasteiger partial charge in [0.25, 0.3) is 11.8 Å². The number of hydrogen-bond donors (Lipinski definition) is 2. The SMILES string of the molecule is Cc1ccc(C)c(NC(=O)c2cccc(C(=O)Nc3ccc4c(c3)OCO4)n2)c1. The first-order chi connectivity index (χ1) is 14.0. The highest BCUT2D eigenvalue weighted by atomic mass is 16.7. The molecule has 2 N–H and O–H groups in total. The molecule has 0 fully saturated rings. The molecule has 0 saturated heterocycles. The molecular formula is C22H19N3O4. The maximum Gasteiger partial charge on any atom is 0.274 e. The van der Waals surface area contributed by atoms with Crippen LogP contribution in [0.3, 0.4) is 0 Å². The predicted octanol–water partition coefficient (Wildman–Crippen LogP) is 3.93. The fourth-order valence-electron chi connectivity index (χ4n) is 2.91. The second-order valence-electron chi connectivity index (χ2n) is 6.70. The van der Waals surface area contributed by atoms with E-state index in [0.29, 0.717) is 22.9 Å². The molecule has 1 aliphatic rings. The van der Waals surface area contributed by atoms with Crippen molar-refractivity contribution in [2.24, 2.45) is 0 Å². The van der Waals surface area contributed by atoms with Crippen molar-refractivity contribution >= 4 is 23.2 Å². The van der Waals surface area contributed by atoms with E-state index in [-0.39, 0.29) is 24.1 Å². The summed E-state index contributed by atoms with van der Waals surface area (Å²) in [6.45, 7) is 4.03. The largest absolute Gasteiger partial charge is 0.454 e. The lowest BCUT2D eigenvalue weighted by Crippen LogP contribution is -2.18. The van der Waals surface area contributed by atoms with Gasteiger partial charge in [-0.2, -0.15) is 0 Å². The minimum atomic E-state index is -0.426. The first kappa shape index (κ1) is 18.5. The summed E-state index contributed by atoms with van der Waals surface area (Å²) < 4.78 is 10.6. The molecule has 0 unspecified atom stereocenters. The van der Waals surface area contributed by atoms with E-state index >= 15 is 0 Å². The summed E-state index contributed by atoms with van der Waals surface area (Å²) in [5.41, 5.74) is 3.54. The van der Waals surface area contributed by atoms with Crippen LogP contribution >= 0.6 is 0 Å². The molecule has 0 spiro atoms. The number of nitrogens with one attached hydrogen (secondary N) is 2. The number of carbonyl (C=O) groups is 2. The Morgan fingerprint density at radius 3 is 2.38 bits per heavy atom. The van der Waals surface area contributed by atoms with Crippen LogP contribution in [-0.4, -0.2) is 23.6 Å². The molecular weight excluding hydrogens is 370 g/mol. The lowest BCUT2D eigenvalue weighted by Gasteiger charge is -2.10. The smallest absolute Gasteiger partial charge is 0.274 e. The lowest BCUT2D eigenvalue weighted by molar-refractivity contribution is 0.101. The highest BCUT2D eigenvalue weighted by Crippen LogP contribution is 2.34. The minimum absolute atomic E-state index is 0.135. The van der Waals surface area contributed by atoms with Gasteiger partial charge in [-0.05, 0) is 55.3 Å². The molecule has 7 nitrogen and oxygen atoms in total. The van der Waals surface area contributed by atoms with Crippen molar-refractivity contribution in [2.45, 2.75) is 13.8 Å². The van der Waals surface area contributed by atoms with Crippen molar-refractivity contribution in [1.29, 1.82) is 0 Å². The van der Waals surface area contributed by atoms with Crippen molar-refractivity contribution in [3.05, 3.63) is 77.1 Å². The highest BCUT2D eigenvalue weighted by molar-refractivity contribution is 6.06. The Morgan fingerprint density at radius 2 is 1.59 bits per heavy atom. The number of rotatable bonds is 4. The molecule has 2 amide bonds. The first-order valence-corrected chi connectivity index (χ1v) is 9.06. The number of amides is 2. The van der Waals surface area contributed by atoms with Crippen molar-refractivity contribution in [1.82, 2.24) is 4.98 Å². The normalized spacial score (nSPS) is 11.8. The van der Waals surface area contributed by atoms with Gasteiger partial charge in [0, 0.05) is 17.4 Å². The Kier molecular flexibility index (Phi) is 4.87. The van der Waals surface area contributed by atoms with Crippen molar-refractivity contribution in [3.63, 3.8) is 0 Å². The minimum Gasteiger partial charge on any atom is -0.454 e. The van der Waals surface area contributed by atoms with E-state index < -0.39 is 5.91 Å². The van der Waals surface area contributed by atoms with Gasteiger partial charge in [-0.3, -0.25) is 9.59 Å². The van der Waals surface area contributed by atoms with Crippen LogP contribution in [0.2, 0.25) is 0 Å². The van der Waals surface area contributed by atoms with Gasteiger partial charge in [0.1, 0.15) is 11.4 Å². The molecule has 1 aliphatic heterocycles. The van der Waals surface area contributed by atoms with Gasteiger partial charge < -0.3 is 20.1 Å². The summed E-state index contributed by atoms with van der Waals surface area (Å²) in [5.74, 6) is 0.394. The van der Waals surface area contributed by atoms with Gasteiger partial charge in [-0.25, -0.2) is 4.98 Å². The third-order valence-electron chi connectivity index (χ3n) is 4.49. The van der Waals surface area contributed by atoms with Crippen LogP contribution in [0, 0.1) is 13.8 Å². The Bertz CT molecular complexity index is 1110. The van der Waals surface area contributed by atoms with E-state index in [2.05, 4.69) is 15.6 Å². The quantitative estimate of drug-likeness (QED) is 0.706. The third-order valence-corrected chi connectivity index (χ3v) is 4.49. The highest BCUT2D eigenvalue weighted by Gasteiger charge is 2.16. The van der Waals surface area contributed by atoms with E-state index in [4.69, 9.17) is 9.47 Å². The number of hydrogen-bond acceptors (Lipinski definition) is 5. The average Bonchev–Trinajstić information content (AvgIpc) is 3.18. The van der Waals surface area contributed by atoms with Crippen LogP contribution in [0.25, 0.3) is 0 Å². The molecule has 0 aliphatic carbocycles. The van der Waals surface area contributed by atoms with Crippen molar-refractivity contribution < 1.29 is 19.1 Å². The maximum absolute atomic E-state index is 12.6. The average molecular weight is 389 g/mol. The Labute approximate surface area is 167 Å². The summed E-state index contributed by atoms with van der Waals surface area (Å²) in [6, 6.07) is 15.7. The Hall–Kier alpha value is -3.87. The first-order valence-electron chi connectivity index (χ1n) is 9.06. The number of fused-ring (bicyclic) bond motifs is 1. The molecule has 7 heteroatoms.